The van der Waals surface area contributed by atoms with Gasteiger partial charge in [0.2, 0.25) is 0 Å². The summed E-state index contributed by atoms with van der Waals surface area (Å²) in [5.41, 5.74) is 0. The van der Waals surface area contributed by atoms with Crippen molar-refractivity contribution in [1.29, 1.82) is 0 Å². The molecule has 0 aromatic rings. The standard InChI is InChI=1S/C13H22OSi/c1-10-9-11-7-5-6-8-12(11)13(10)14-15(2,3)4/h5-8,10-13H,9H2,1-4H3. The van der Waals surface area contributed by atoms with Crippen molar-refractivity contribution in [2.24, 2.45) is 17.8 Å². The van der Waals surface area contributed by atoms with Gasteiger partial charge in [-0.15, -0.1) is 0 Å². The molecule has 2 heteroatoms. The molecule has 0 bridgehead atoms. The molecule has 2 aliphatic rings. The van der Waals surface area contributed by atoms with Gasteiger partial charge in [-0.1, -0.05) is 31.2 Å². The Labute approximate surface area is 94.3 Å². The van der Waals surface area contributed by atoms with Crippen LogP contribution in [0.15, 0.2) is 24.3 Å². The normalized spacial score (nSPS) is 39.5. The van der Waals surface area contributed by atoms with Gasteiger partial charge in [0.25, 0.3) is 0 Å². The van der Waals surface area contributed by atoms with E-state index in [0.29, 0.717) is 17.9 Å². The first kappa shape index (κ1) is 11.2. The van der Waals surface area contributed by atoms with Crippen LogP contribution in [0.4, 0.5) is 0 Å². The van der Waals surface area contributed by atoms with Crippen LogP contribution >= 0.6 is 0 Å². The molecule has 0 spiro atoms. The predicted octanol–water partition coefficient (Wildman–Crippen LogP) is 3.60. The van der Waals surface area contributed by atoms with Crippen LogP contribution in [0.5, 0.6) is 0 Å². The van der Waals surface area contributed by atoms with Crippen LogP contribution < -0.4 is 0 Å². The molecule has 4 atom stereocenters. The summed E-state index contributed by atoms with van der Waals surface area (Å²) in [6.07, 6.45) is 10.8. The molecule has 2 aliphatic carbocycles. The minimum Gasteiger partial charge on any atom is -0.414 e. The van der Waals surface area contributed by atoms with Crippen molar-refractivity contribution in [1.82, 2.24) is 0 Å². The molecule has 15 heavy (non-hydrogen) atoms. The van der Waals surface area contributed by atoms with E-state index in [2.05, 4.69) is 50.9 Å². The van der Waals surface area contributed by atoms with E-state index in [0.717, 1.165) is 5.92 Å². The number of hydrogen-bond acceptors (Lipinski definition) is 1. The summed E-state index contributed by atoms with van der Waals surface area (Å²) in [5.74, 6) is 2.07. The van der Waals surface area contributed by atoms with Crippen molar-refractivity contribution in [2.45, 2.75) is 39.1 Å². The van der Waals surface area contributed by atoms with E-state index in [1.54, 1.807) is 0 Å². The second kappa shape index (κ2) is 3.91. The van der Waals surface area contributed by atoms with Gasteiger partial charge in [0.05, 0.1) is 6.10 Å². The van der Waals surface area contributed by atoms with Gasteiger partial charge in [-0.25, -0.2) is 0 Å². The summed E-state index contributed by atoms with van der Waals surface area (Å²) in [4.78, 5) is 0. The molecule has 0 amide bonds. The first-order chi connectivity index (χ1) is 6.97. The third kappa shape index (κ3) is 2.43. The fraction of sp³-hybridized carbons (Fsp3) is 0.692. The summed E-state index contributed by atoms with van der Waals surface area (Å²) in [6, 6.07) is 0. The van der Waals surface area contributed by atoms with E-state index in [1.165, 1.54) is 6.42 Å². The molecule has 2 rings (SSSR count). The molecule has 1 saturated carbocycles. The highest BCUT2D eigenvalue weighted by atomic mass is 28.4. The van der Waals surface area contributed by atoms with Crippen molar-refractivity contribution in [3.05, 3.63) is 24.3 Å². The third-order valence-corrected chi connectivity index (χ3v) is 4.35. The zero-order valence-electron chi connectivity index (χ0n) is 10.2. The maximum Gasteiger partial charge on any atom is 0.184 e. The highest BCUT2D eigenvalue weighted by Crippen LogP contribution is 2.42. The molecule has 0 heterocycles. The van der Waals surface area contributed by atoms with Gasteiger partial charge in [0.1, 0.15) is 0 Å². The maximum atomic E-state index is 6.33. The highest BCUT2D eigenvalue weighted by molar-refractivity contribution is 6.69. The summed E-state index contributed by atoms with van der Waals surface area (Å²) >= 11 is 0. The molecular formula is C13H22OSi. The summed E-state index contributed by atoms with van der Waals surface area (Å²) in [6.45, 7) is 9.20. The van der Waals surface area contributed by atoms with Gasteiger partial charge >= 0.3 is 0 Å². The van der Waals surface area contributed by atoms with E-state index in [-0.39, 0.29) is 0 Å². The average molecular weight is 222 g/mol. The molecule has 0 aromatic carbocycles. The number of hydrogen-bond donors (Lipinski definition) is 0. The molecule has 0 N–H and O–H groups in total. The van der Waals surface area contributed by atoms with E-state index in [9.17, 15) is 0 Å². The second-order valence-electron chi connectivity index (χ2n) is 5.92. The van der Waals surface area contributed by atoms with Crippen LogP contribution in [-0.4, -0.2) is 14.4 Å². The fourth-order valence-corrected chi connectivity index (χ4v) is 4.01. The third-order valence-electron chi connectivity index (χ3n) is 3.37. The predicted molar refractivity (Wildman–Crippen MR) is 67.3 cm³/mol. The van der Waals surface area contributed by atoms with Crippen molar-refractivity contribution in [2.75, 3.05) is 0 Å². The lowest BCUT2D eigenvalue weighted by molar-refractivity contribution is 0.130. The summed E-state index contributed by atoms with van der Waals surface area (Å²) in [5, 5.41) is 0. The van der Waals surface area contributed by atoms with Crippen LogP contribution in [0.3, 0.4) is 0 Å². The Morgan fingerprint density at radius 3 is 2.47 bits per heavy atom. The van der Waals surface area contributed by atoms with Crippen LogP contribution in [0, 0.1) is 17.8 Å². The molecule has 84 valence electrons. The van der Waals surface area contributed by atoms with Crippen molar-refractivity contribution < 1.29 is 4.43 Å². The Bertz CT molecular complexity index is 287. The van der Waals surface area contributed by atoms with E-state index < -0.39 is 8.32 Å². The fourth-order valence-electron chi connectivity index (χ4n) is 2.80. The Hall–Kier alpha value is -0.343. The Morgan fingerprint density at radius 2 is 1.80 bits per heavy atom. The number of rotatable bonds is 2. The largest absolute Gasteiger partial charge is 0.414 e. The van der Waals surface area contributed by atoms with Crippen LogP contribution in [0.2, 0.25) is 19.6 Å². The van der Waals surface area contributed by atoms with Crippen LogP contribution in [0.25, 0.3) is 0 Å². The lowest BCUT2D eigenvalue weighted by Gasteiger charge is -2.30. The lowest BCUT2D eigenvalue weighted by Crippen LogP contribution is -2.37. The van der Waals surface area contributed by atoms with Gasteiger partial charge in [0, 0.05) is 5.92 Å². The SMILES string of the molecule is CC1CC2C=CC=CC2C1O[Si](C)(C)C. The van der Waals surface area contributed by atoms with E-state index in [1.807, 2.05) is 0 Å². The smallest absolute Gasteiger partial charge is 0.184 e. The highest BCUT2D eigenvalue weighted by Gasteiger charge is 2.41. The zero-order valence-corrected chi connectivity index (χ0v) is 11.2. The van der Waals surface area contributed by atoms with Crippen molar-refractivity contribution >= 4 is 8.32 Å². The van der Waals surface area contributed by atoms with E-state index >= 15 is 0 Å². The lowest BCUT2D eigenvalue weighted by atomic mass is 9.91. The molecule has 0 radical (unpaired) electrons. The quantitative estimate of drug-likeness (QED) is 0.649. The first-order valence-electron chi connectivity index (χ1n) is 6.00. The van der Waals surface area contributed by atoms with Gasteiger partial charge in [-0.2, -0.15) is 0 Å². The second-order valence-corrected chi connectivity index (χ2v) is 10.4. The minimum atomic E-state index is -1.40. The van der Waals surface area contributed by atoms with Gasteiger partial charge in [-0.05, 0) is 37.9 Å². The molecule has 0 saturated heterocycles. The molecule has 0 aromatic heterocycles. The molecule has 4 unspecified atom stereocenters. The van der Waals surface area contributed by atoms with Crippen molar-refractivity contribution in [3.63, 3.8) is 0 Å². The Morgan fingerprint density at radius 1 is 1.13 bits per heavy atom. The summed E-state index contributed by atoms with van der Waals surface area (Å²) < 4.78 is 6.33. The number of allylic oxidation sites excluding steroid dienone is 3. The van der Waals surface area contributed by atoms with Crippen LogP contribution in [0.1, 0.15) is 13.3 Å². The topological polar surface area (TPSA) is 9.23 Å². The number of fused-ring (bicyclic) bond motifs is 1. The molecular weight excluding hydrogens is 200 g/mol. The first-order valence-corrected chi connectivity index (χ1v) is 9.41. The molecule has 0 aliphatic heterocycles. The van der Waals surface area contributed by atoms with Crippen molar-refractivity contribution in [3.8, 4) is 0 Å². The monoisotopic (exact) mass is 222 g/mol. The van der Waals surface area contributed by atoms with Gasteiger partial charge < -0.3 is 4.43 Å². The molecule has 1 fully saturated rings. The van der Waals surface area contributed by atoms with E-state index in [4.69, 9.17) is 4.43 Å². The Balaban J connectivity index is 2.11. The zero-order chi connectivity index (χ0) is 11.1. The van der Waals surface area contributed by atoms with Crippen LogP contribution in [-0.2, 0) is 4.43 Å². The molecule has 1 nitrogen and oxygen atoms in total. The summed E-state index contributed by atoms with van der Waals surface area (Å²) in [7, 11) is -1.40. The van der Waals surface area contributed by atoms with Gasteiger partial charge in [0.15, 0.2) is 8.32 Å². The Kier molecular flexibility index (Phi) is 2.91. The maximum absolute atomic E-state index is 6.33. The van der Waals surface area contributed by atoms with Gasteiger partial charge in [-0.3, -0.25) is 0 Å². The average Bonchev–Trinajstić information content (AvgIpc) is 2.41. The minimum absolute atomic E-state index is 0.461.